The number of carbonyl (C=O) groups excluding carboxylic acids is 2. The summed E-state index contributed by atoms with van der Waals surface area (Å²) in [5.41, 5.74) is 0.385. The van der Waals surface area contributed by atoms with Gasteiger partial charge in [0, 0.05) is 20.3 Å². The lowest BCUT2D eigenvalue weighted by Crippen LogP contribution is -2.22. The first-order valence-corrected chi connectivity index (χ1v) is 5.76. The van der Waals surface area contributed by atoms with E-state index in [4.69, 9.17) is 0 Å². The van der Waals surface area contributed by atoms with Gasteiger partial charge < -0.3 is 4.90 Å². The van der Waals surface area contributed by atoms with Gasteiger partial charge in [0.2, 0.25) is 0 Å². The molecule has 0 bridgehead atoms. The highest BCUT2D eigenvalue weighted by Crippen LogP contribution is 2.18. The first kappa shape index (κ1) is 11.5. The molecule has 2 aromatic rings. The minimum absolute atomic E-state index is 0.143. The Labute approximate surface area is 102 Å². The van der Waals surface area contributed by atoms with Gasteiger partial charge >= 0.3 is 0 Å². The number of aromatic nitrogens is 2. The SMILES string of the molecule is CN(C)C(=O)c1ccn(-c2ccc(C=O)s2)n1. The van der Waals surface area contributed by atoms with Crippen molar-refractivity contribution >= 4 is 23.5 Å². The zero-order chi connectivity index (χ0) is 12.4. The van der Waals surface area contributed by atoms with Crippen LogP contribution in [0.5, 0.6) is 0 Å². The molecule has 0 atom stereocenters. The summed E-state index contributed by atoms with van der Waals surface area (Å²) in [5.74, 6) is -0.143. The van der Waals surface area contributed by atoms with Crippen molar-refractivity contribution < 1.29 is 9.59 Å². The van der Waals surface area contributed by atoms with Crippen molar-refractivity contribution in [2.75, 3.05) is 14.1 Å². The number of rotatable bonds is 3. The average Bonchev–Trinajstić information content (AvgIpc) is 2.96. The molecule has 2 aromatic heterocycles. The third kappa shape index (κ3) is 2.26. The Morgan fingerprint density at radius 2 is 2.18 bits per heavy atom. The van der Waals surface area contributed by atoms with E-state index in [2.05, 4.69) is 5.10 Å². The molecule has 0 unspecified atom stereocenters. The van der Waals surface area contributed by atoms with E-state index in [1.165, 1.54) is 16.2 Å². The minimum Gasteiger partial charge on any atom is -0.343 e. The molecule has 0 aromatic carbocycles. The van der Waals surface area contributed by atoms with Gasteiger partial charge in [0.15, 0.2) is 12.0 Å². The lowest BCUT2D eigenvalue weighted by molar-refractivity contribution is 0.0821. The molecule has 6 heteroatoms. The van der Waals surface area contributed by atoms with E-state index in [-0.39, 0.29) is 5.91 Å². The summed E-state index contributed by atoms with van der Waals surface area (Å²) in [7, 11) is 3.36. The Hall–Kier alpha value is -1.95. The van der Waals surface area contributed by atoms with Crippen LogP contribution in [-0.4, -0.2) is 41.0 Å². The normalized spacial score (nSPS) is 10.2. The first-order chi connectivity index (χ1) is 8.11. The van der Waals surface area contributed by atoms with Crippen LogP contribution in [0.2, 0.25) is 0 Å². The topological polar surface area (TPSA) is 55.2 Å². The molecule has 0 fully saturated rings. The molecule has 1 amide bonds. The van der Waals surface area contributed by atoms with Crippen molar-refractivity contribution in [2.45, 2.75) is 0 Å². The van der Waals surface area contributed by atoms with Crippen molar-refractivity contribution in [3.05, 3.63) is 35.0 Å². The Balaban J connectivity index is 2.29. The summed E-state index contributed by atoms with van der Waals surface area (Å²) in [6, 6.07) is 5.18. The molecule has 0 saturated carbocycles. The van der Waals surface area contributed by atoms with Crippen LogP contribution in [0.15, 0.2) is 24.4 Å². The van der Waals surface area contributed by atoms with Gasteiger partial charge in [0.1, 0.15) is 5.00 Å². The van der Waals surface area contributed by atoms with Crippen molar-refractivity contribution in [1.82, 2.24) is 14.7 Å². The van der Waals surface area contributed by atoms with E-state index in [0.717, 1.165) is 11.3 Å². The lowest BCUT2D eigenvalue weighted by Gasteiger charge is -2.06. The van der Waals surface area contributed by atoms with E-state index in [0.29, 0.717) is 10.6 Å². The fraction of sp³-hybridized carbons (Fsp3) is 0.182. The van der Waals surface area contributed by atoms with Crippen LogP contribution in [0.25, 0.3) is 5.00 Å². The Morgan fingerprint density at radius 1 is 1.41 bits per heavy atom. The molecule has 2 heterocycles. The van der Waals surface area contributed by atoms with Gasteiger partial charge in [0.05, 0.1) is 4.88 Å². The Kier molecular flexibility index (Phi) is 3.06. The summed E-state index contributed by atoms with van der Waals surface area (Å²) in [5, 5.41) is 4.98. The van der Waals surface area contributed by atoms with Crippen LogP contribution < -0.4 is 0 Å². The van der Waals surface area contributed by atoms with Gasteiger partial charge in [-0.1, -0.05) is 0 Å². The van der Waals surface area contributed by atoms with E-state index in [1.54, 1.807) is 43.2 Å². The van der Waals surface area contributed by atoms with Gasteiger partial charge in [-0.3, -0.25) is 9.59 Å². The van der Waals surface area contributed by atoms with Gasteiger partial charge in [-0.2, -0.15) is 5.10 Å². The second-order valence-electron chi connectivity index (χ2n) is 3.64. The number of aldehydes is 1. The third-order valence-corrected chi connectivity index (χ3v) is 3.17. The summed E-state index contributed by atoms with van der Waals surface area (Å²) in [6.45, 7) is 0. The van der Waals surface area contributed by atoms with E-state index in [1.807, 2.05) is 0 Å². The molecule has 2 rings (SSSR count). The highest BCUT2D eigenvalue weighted by molar-refractivity contribution is 7.16. The van der Waals surface area contributed by atoms with Crippen molar-refractivity contribution in [3.8, 4) is 5.00 Å². The van der Waals surface area contributed by atoms with Gasteiger partial charge in [-0.05, 0) is 18.2 Å². The molecule has 17 heavy (non-hydrogen) atoms. The van der Waals surface area contributed by atoms with Crippen LogP contribution >= 0.6 is 11.3 Å². The summed E-state index contributed by atoms with van der Waals surface area (Å²) in [6.07, 6.45) is 2.50. The number of amides is 1. The summed E-state index contributed by atoms with van der Waals surface area (Å²) < 4.78 is 1.59. The van der Waals surface area contributed by atoms with Crippen molar-refractivity contribution in [3.63, 3.8) is 0 Å². The molecular formula is C11H11N3O2S. The maximum absolute atomic E-state index is 11.6. The number of nitrogens with zero attached hydrogens (tertiary/aromatic N) is 3. The molecule has 0 saturated heterocycles. The zero-order valence-corrected chi connectivity index (χ0v) is 10.3. The van der Waals surface area contributed by atoms with Gasteiger partial charge in [-0.15, -0.1) is 11.3 Å². The standard InChI is InChI=1S/C11H11N3O2S/c1-13(2)11(16)9-5-6-14(12-9)10-4-3-8(7-15)17-10/h3-7H,1-2H3. The van der Waals surface area contributed by atoms with E-state index >= 15 is 0 Å². The Morgan fingerprint density at radius 3 is 2.76 bits per heavy atom. The largest absolute Gasteiger partial charge is 0.343 e. The van der Waals surface area contributed by atoms with Gasteiger partial charge in [0.25, 0.3) is 5.91 Å². The van der Waals surface area contributed by atoms with E-state index in [9.17, 15) is 9.59 Å². The van der Waals surface area contributed by atoms with Crippen LogP contribution in [0.1, 0.15) is 20.2 Å². The maximum Gasteiger partial charge on any atom is 0.273 e. The molecule has 0 radical (unpaired) electrons. The molecule has 0 aliphatic carbocycles. The number of carbonyl (C=O) groups is 2. The average molecular weight is 249 g/mol. The quantitative estimate of drug-likeness (QED) is 0.774. The molecule has 5 nitrogen and oxygen atoms in total. The van der Waals surface area contributed by atoms with Crippen molar-refractivity contribution in [1.29, 1.82) is 0 Å². The van der Waals surface area contributed by atoms with E-state index < -0.39 is 0 Å². The molecule has 88 valence electrons. The predicted molar refractivity (Wildman–Crippen MR) is 64.8 cm³/mol. The molecule has 0 spiro atoms. The number of hydrogen-bond acceptors (Lipinski definition) is 4. The molecule has 0 N–H and O–H groups in total. The molecular weight excluding hydrogens is 238 g/mol. The lowest BCUT2D eigenvalue weighted by atomic mass is 10.4. The molecule has 0 aliphatic heterocycles. The second-order valence-corrected chi connectivity index (χ2v) is 4.73. The van der Waals surface area contributed by atoms with Crippen LogP contribution in [0, 0.1) is 0 Å². The van der Waals surface area contributed by atoms with Crippen LogP contribution in [0.4, 0.5) is 0 Å². The smallest absolute Gasteiger partial charge is 0.273 e. The fourth-order valence-corrected chi connectivity index (χ4v) is 2.08. The van der Waals surface area contributed by atoms with Gasteiger partial charge in [-0.25, -0.2) is 4.68 Å². The van der Waals surface area contributed by atoms with Crippen molar-refractivity contribution in [2.24, 2.45) is 0 Å². The van der Waals surface area contributed by atoms with Crippen LogP contribution in [-0.2, 0) is 0 Å². The highest BCUT2D eigenvalue weighted by Gasteiger charge is 2.12. The first-order valence-electron chi connectivity index (χ1n) is 4.94. The fourth-order valence-electron chi connectivity index (χ4n) is 1.32. The Bertz CT molecular complexity index is 557. The second kappa shape index (κ2) is 4.50. The monoisotopic (exact) mass is 249 g/mol. The zero-order valence-electron chi connectivity index (χ0n) is 9.45. The molecule has 0 aliphatic rings. The highest BCUT2D eigenvalue weighted by atomic mass is 32.1. The summed E-state index contributed by atoms with van der Waals surface area (Å²) in [4.78, 5) is 24.3. The maximum atomic E-state index is 11.6. The predicted octanol–water partition coefficient (Wildman–Crippen LogP) is 1.45. The summed E-state index contributed by atoms with van der Waals surface area (Å²) >= 11 is 1.33. The number of hydrogen-bond donors (Lipinski definition) is 0. The number of thiophene rings is 1. The minimum atomic E-state index is -0.143. The third-order valence-electron chi connectivity index (χ3n) is 2.17. The van der Waals surface area contributed by atoms with Crippen LogP contribution in [0.3, 0.4) is 0 Å².